The Labute approximate surface area is 169 Å². The van der Waals surface area contributed by atoms with Crippen LogP contribution in [0.25, 0.3) is 10.4 Å². The first-order chi connectivity index (χ1) is 13.3. The Morgan fingerprint density at radius 3 is 2.69 bits per heavy atom. The summed E-state index contributed by atoms with van der Waals surface area (Å²) >= 11 is 0. The minimum Gasteiger partial charge on any atom is -0.414 e. The number of ether oxygens (including phenoxy) is 1. The van der Waals surface area contributed by atoms with Crippen molar-refractivity contribution in [1.29, 1.82) is 0 Å². The molecule has 160 valence electrons. The van der Waals surface area contributed by atoms with Crippen molar-refractivity contribution in [2.45, 2.75) is 63.3 Å². The third kappa shape index (κ3) is 4.37. The molecule has 0 aliphatic carbocycles. The van der Waals surface area contributed by atoms with Gasteiger partial charge in [-0.3, -0.25) is 13.9 Å². The highest BCUT2D eigenvalue weighted by Crippen LogP contribution is 2.45. The molecule has 0 bridgehead atoms. The van der Waals surface area contributed by atoms with E-state index < -0.39 is 37.6 Å². The number of alkyl halides is 1. The molecule has 0 radical (unpaired) electrons. The zero-order valence-electron chi connectivity index (χ0n) is 17.7. The van der Waals surface area contributed by atoms with Crippen molar-refractivity contribution in [1.82, 2.24) is 9.13 Å². The van der Waals surface area contributed by atoms with Gasteiger partial charge in [0.2, 0.25) is 0 Å². The van der Waals surface area contributed by atoms with E-state index in [-0.39, 0.29) is 23.8 Å². The zero-order chi connectivity index (χ0) is 22.2. The van der Waals surface area contributed by atoms with Gasteiger partial charge in [-0.1, -0.05) is 32.5 Å². The van der Waals surface area contributed by atoms with Gasteiger partial charge in [-0.25, -0.2) is 9.18 Å². The second-order valence-electron chi connectivity index (χ2n) is 8.81. The summed E-state index contributed by atoms with van der Waals surface area (Å²) < 4.78 is 29.1. The number of azide groups is 1. The standard InChI is InChI=1S/C18H28FN5O4Si/c1-12(21-22-20)18(11-27-29(6,7)17(2,3)4)10-13(19)15(28-18)24-9-8-14(25)23(5)16(24)26/h8-9,13,15H,1,10-11H2,2-7H3/t13-,15-,18+/m1/s1. The van der Waals surface area contributed by atoms with Gasteiger partial charge in [-0.05, 0) is 23.7 Å². The van der Waals surface area contributed by atoms with Gasteiger partial charge in [-0.2, -0.15) is 0 Å². The molecule has 2 heterocycles. The average Bonchev–Trinajstić information content (AvgIpc) is 2.95. The van der Waals surface area contributed by atoms with Crippen molar-refractivity contribution in [2.24, 2.45) is 12.2 Å². The lowest BCUT2D eigenvalue weighted by atomic mass is 9.97. The van der Waals surface area contributed by atoms with E-state index in [9.17, 15) is 9.59 Å². The molecule has 0 saturated carbocycles. The topological polar surface area (TPSA) is 111 Å². The second-order valence-corrected chi connectivity index (χ2v) is 13.6. The molecule has 0 N–H and O–H groups in total. The number of rotatable bonds is 6. The monoisotopic (exact) mass is 425 g/mol. The normalized spacial score (nSPS) is 24.9. The fraction of sp³-hybridized carbons (Fsp3) is 0.667. The van der Waals surface area contributed by atoms with E-state index in [1.165, 1.54) is 13.2 Å². The van der Waals surface area contributed by atoms with Crippen LogP contribution in [0.15, 0.2) is 39.2 Å². The molecule has 3 atom stereocenters. The van der Waals surface area contributed by atoms with Crippen LogP contribution in [0.3, 0.4) is 0 Å². The van der Waals surface area contributed by atoms with Gasteiger partial charge in [0, 0.05) is 36.3 Å². The van der Waals surface area contributed by atoms with Crippen LogP contribution in [0.4, 0.5) is 4.39 Å². The molecule has 1 aliphatic rings. The molecule has 1 aromatic heterocycles. The van der Waals surface area contributed by atoms with Crippen LogP contribution in [0.1, 0.15) is 33.4 Å². The molecule has 1 saturated heterocycles. The molecular weight excluding hydrogens is 397 g/mol. The van der Waals surface area contributed by atoms with Gasteiger partial charge < -0.3 is 9.16 Å². The maximum atomic E-state index is 15.0. The van der Waals surface area contributed by atoms with Gasteiger partial charge in [0.05, 0.1) is 6.61 Å². The van der Waals surface area contributed by atoms with E-state index in [1.54, 1.807) is 0 Å². The summed E-state index contributed by atoms with van der Waals surface area (Å²) in [6.45, 7) is 14.0. The molecule has 11 heteroatoms. The maximum absolute atomic E-state index is 15.0. The van der Waals surface area contributed by atoms with Crippen LogP contribution in [0.2, 0.25) is 18.1 Å². The van der Waals surface area contributed by atoms with Crippen molar-refractivity contribution in [3.63, 3.8) is 0 Å². The van der Waals surface area contributed by atoms with Crippen LogP contribution >= 0.6 is 0 Å². The van der Waals surface area contributed by atoms with Crippen LogP contribution < -0.4 is 11.2 Å². The Kier molecular flexibility index (Phi) is 6.29. The number of halogens is 1. The predicted molar refractivity (Wildman–Crippen MR) is 110 cm³/mol. The van der Waals surface area contributed by atoms with Gasteiger partial charge in [0.1, 0.15) is 11.8 Å². The number of aromatic nitrogens is 2. The zero-order valence-corrected chi connectivity index (χ0v) is 18.7. The largest absolute Gasteiger partial charge is 0.414 e. The highest BCUT2D eigenvalue weighted by atomic mass is 28.4. The Bertz CT molecular complexity index is 960. The number of hydrogen-bond donors (Lipinski definition) is 0. The molecule has 0 spiro atoms. The first kappa shape index (κ1) is 23.1. The van der Waals surface area contributed by atoms with Crippen LogP contribution in [0.5, 0.6) is 0 Å². The summed E-state index contributed by atoms with van der Waals surface area (Å²) in [5.74, 6) is 0. The fourth-order valence-electron chi connectivity index (χ4n) is 2.80. The summed E-state index contributed by atoms with van der Waals surface area (Å²) in [6, 6.07) is 1.16. The fourth-order valence-corrected chi connectivity index (χ4v) is 3.83. The maximum Gasteiger partial charge on any atom is 0.332 e. The third-order valence-electron chi connectivity index (χ3n) is 5.83. The Morgan fingerprint density at radius 2 is 2.14 bits per heavy atom. The highest BCUT2D eigenvalue weighted by molar-refractivity contribution is 6.74. The number of nitrogens with zero attached hydrogens (tertiary/aromatic N) is 5. The predicted octanol–water partition coefficient (Wildman–Crippen LogP) is 3.39. The van der Waals surface area contributed by atoms with Gasteiger partial charge >= 0.3 is 5.69 Å². The molecule has 0 unspecified atom stereocenters. The second kappa shape index (κ2) is 7.90. The molecule has 0 amide bonds. The van der Waals surface area contributed by atoms with Gasteiger partial charge in [-0.15, -0.1) is 0 Å². The Hall–Kier alpha value is -2.20. The van der Waals surface area contributed by atoms with Crippen LogP contribution in [0, 0.1) is 0 Å². The van der Waals surface area contributed by atoms with Crippen LogP contribution in [-0.4, -0.2) is 35.8 Å². The Morgan fingerprint density at radius 1 is 1.52 bits per heavy atom. The van der Waals surface area contributed by atoms with Gasteiger partial charge in [0.25, 0.3) is 5.56 Å². The first-order valence-corrected chi connectivity index (χ1v) is 12.1. The summed E-state index contributed by atoms with van der Waals surface area (Å²) in [6.07, 6.45) is -1.90. The average molecular weight is 426 g/mol. The van der Waals surface area contributed by atoms with Crippen molar-refractivity contribution in [2.75, 3.05) is 6.61 Å². The van der Waals surface area contributed by atoms with E-state index in [1.807, 2.05) is 13.1 Å². The lowest BCUT2D eigenvalue weighted by molar-refractivity contribution is -0.0837. The molecule has 0 aromatic carbocycles. The van der Waals surface area contributed by atoms with Gasteiger partial charge in [0.15, 0.2) is 14.5 Å². The molecular formula is C18H28FN5O4Si. The van der Waals surface area contributed by atoms with Crippen LogP contribution in [-0.2, 0) is 16.2 Å². The summed E-state index contributed by atoms with van der Waals surface area (Å²) in [5.41, 5.74) is 6.21. The smallest absolute Gasteiger partial charge is 0.332 e. The Balaban J connectivity index is 2.43. The molecule has 1 fully saturated rings. The van der Waals surface area contributed by atoms with Crippen molar-refractivity contribution < 1.29 is 13.6 Å². The summed E-state index contributed by atoms with van der Waals surface area (Å²) in [7, 11) is -0.930. The SMILES string of the molecule is C=C(N=[N+]=[N-])[C@@]1(CO[Si](C)(C)C(C)(C)C)C[C@@H](F)[C@H](n2ccc(=O)n(C)c2=O)O1. The quantitative estimate of drug-likeness (QED) is 0.301. The molecule has 29 heavy (non-hydrogen) atoms. The summed E-state index contributed by atoms with van der Waals surface area (Å²) in [4.78, 5) is 26.8. The highest BCUT2D eigenvalue weighted by Gasteiger charge is 2.51. The van der Waals surface area contributed by atoms with E-state index in [0.717, 1.165) is 15.2 Å². The molecule has 1 aromatic rings. The molecule has 1 aliphatic heterocycles. The first-order valence-electron chi connectivity index (χ1n) is 9.24. The number of hydrogen-bond acceptors (Lipinski definition) is 5. The lowest BCUT2D eigenvalue weighted by Gasteiger charge is -2.39. The third-order valence-corrected chi connectivity index (χ3v) is 10.3. The van der Waals surface area contributed by atoms with Crippen molar-refractivity contribution in [3.05, 3.63) is 55.8 Å². The van der Waals surface area contributed by atoms with E-state index in [0.29, 0.717) is 0 Å². The van der Waals surface area contributed by atoms with E-state index >= 15 is 4.39 Å². The lowest BCUT2D eigenvalue weighted by Crippen LogP contribution is -2.47. The van der Waals surface area contributed by atoms with Crippen molar-refractivity contribution >= 4 is 8.32 Å². The summed E-state index contributed by atoms with van der Waals surface area (Å²) in [5, 5.41) is 3.44. The van der Waals surface area contributed by atoms with E-state index in [4.69, 9.17) is 14.7 Å². The van der Waals surface area contributed by atoms with Crippen molar-refractivity contribution in [3.8, 4) is 0 Å². The molecule has 2 rings (SSSR count). The minimum atomic E-state index is -2.23. The minimum absolute atomic E-state index is 0.0123. The molecule has 9 nitrogen and oxygen atoms in total. The van der Waals surface area contributed by atoms with E-state index in [2.05, 4.69) is 37.4 Å².